The number of sulfonamides is 1. The first-order valence-electron chi connectivity index (χ1n) is 9.30. The van der Waals surface area contributed by atoms with Crippen molar-refractivity contribution in [2.24, 2.45) is 5.92 Å². The first kappa shape index (κ1) is 22.5. The van der Waals surface area contributed by atoms with Crippen LogP contribution in [0, 0.1) is 5.92 Å². The van der Waals surface area contributed by atoms with E-state index in [1.807, 2.05) is 24.3 Å². The molecule has 1 aromatic carbocycles. The van der Waals surface area contributed by atoms with Gasteiger partial charge in [0.05, 0.1) is 30.6 Å². The maximum Gasteiger partial charge on any atom is 0.242 e. The first-order chi connectivity index (χ1) is 14.2. The molecular weight excluding hydrogens is 448 g/mol. The van der Waals surface area contributed by atoms with Gasteiger partial charge in [0.25, 0.3) is 0 Å². The Morgan fingerprint density at radius 2 is 2.10 bits per heavy atom. The Kier molecular flexibility index (Phi) is 7.29. The summed E-state index contributed by atoms with van der Waals surface area (Å²) in [7, 11) is -3.31. The summed E-state index contributed by atoms with van der Waals surface area (Å²) >= 11 is 11.4. The summed E-state index contributed by atoms with van der Waals surface area (Å²) in [6, 6.07) is 7.52. The van der Waals surface area contributed by atoms with Gasteiger partial charge in [0.1, 0.15) is 0 Å². The van der Waals surface area contributed by atoms with Crippen molar-refractivity contribution in [3.63, 3.8) is 0 Å². The Bertz CT molecular complexity index is 1030. The number of hydrogen-bond donors (Lipinski definition) is 3. The summed E-state index contributed by atoms with van der Waals surface area (Å²) in [6.45, 7) is 1.12. The molecule has 3 N–H and O–H groups in total. The Morgan fingerprint density at radius 1 is 1.33 bits per heavy atom. The maximum absolute atomic E-state index is 12.4. The van der Waals surface area contributed by atoms with Crippen LogP contribution >= 0.6 is 23.8 Å². The van der Waals surface area contributed by atoms with Gasteiger partial charge in [-0.05, 0) is 36.7 Å². The number of nitrogens with zero attached hydrogens (tertiary/aromatic N) is 3. The second-order valence-electron chi connectivity index (χ2n) is 7.05. The zero-order valence-electron chi connectivity index (χ0n) is 16.3. The van der Waals surface area contributed by atoms with Crippen LogP contribution in [-0.2, 0) is 21.4 Å². The number of halogens is 1. The lowest BCUT2D eigenvalue weighted by molar-refractivity contribution is -0.126. The van der Waals surface area contributed by atoms with E-state index in [-0.39, 0.29) is 17.6 Å². The molecule has 1 fully saturated rings. The van der Waals surface area contributed by atoms with E-state index in [9.17, 15) is 13.2 Å². The molecule has 0 saturated carbocycles. The number of hydrogen-bond acceptors (Lipinski definition) is 5. The standard InChI is InChI=1S/C18H23ClN6O3S2/c1-30(27,28)25-8-4-6-14(11-25)17(26)22-23-18(29)21-15-9-20-24(12-15)10-13-5-2-3-7-16(13)19/h2-3,5,7,9,12,14H,4,6,8,10-11H2,1H3,(H,22,26)(H2,21,23,29)/t14-/m1/s1. The number of amides is 1. The summed E-state index contributed by atoms with van der Waals surface area (Å²) in [5.74, 6) is -0.732. The third-order valence-corrected chi connectivity index (χ3v) is 6.55. The molecule has 0 aliphatic carbocycles. The van der Waals surface area contributed by atoms with Crippen LogP contribution in [0.4, 0.5) is 5.69 Å². The van der Waals surface area contributed by atoms with Crippen LogP contribution in [0.15, 0.2) is 36.7 Å². The van der Waals surface area contributed by atoms with Crippen molar-refractivity contribution in [3.8, 4) is 0 Å². The molecule has 1 saturated heterocycles. The minimum absolute atomic E-state index is 0.168. The molecule has 162 valence electrons. The highest BCUT2D eigenvalue weighted by atomic mass is 35.5. The summed E-state index contributed by atoms with van der Waals surface area (Å²) in [4.78, 5) is 12.4. The van der Waals surface area contributed by atoms with Crippen LogP contribution in [0.3, 0.4) is 0 Å². The van der Waals surface area contributed by atoms with Crippen molar-refractivity contribution >= 4 is 50.5 Å². The number of aromatic nitrogens is 2. The molecule has 1 aromatic heterocycles. The predicted molar refractivity (Wildman–Crippen MR) is 119 cm³/mol. The number of anilines is 1. The van der Waals surface area contributed by atoms with Gasteiger partial charge in [0.15, 0.2) is 5.11 Å². The van der Waals surface area contributed by atoms with E-state index in [1.165, 1.54) is 4.31 Å². The number of benzene rings is 1. The van der Waals surface area contributed by atoms with Crippen LogP contribution in [-0.4, -0.2) is 52.9 Å². The van der Waals surface area contributed by atoms with Gasteiger partial charge in [-0.3, -0.25) is 20.3 Å². The monoisotopic (exact) mass is 470 g/mol. The summed E-state index contributed by atoms with van der Waals surface area (Å²) in [5.41, 5.74) is 6.77. The lowest BCUT2D eigenvalue weighted by atomic mass is 9.99. The average Bonchev–Trinajstić information content (AvgIpc) is 3.14. The molecule has 1 amide bonds. The predicted octanol–water partition coefficient (Wildman–Crippen LogP) is 1.57. The lowest BCUT2D eigenvalue weighted by Crippen LogP contribution is -2.50. The van der Waals surface area contributed by atoms with E-state index in [4.69, 9.17) is 23.8 Å². The van der Waals surface area contributed by atoms with Crippen molar-refractivity contribution in [1.29, 1.82) is 0 Å². The first-order valence-corrected chi connectivity index (χ1v) is 11.9. The SMILES string of the molecule is CS(=O)(=O)N1CCC[C@@H](C(=O)NNC(=S)Nc2cnn(Cc3ccccc3Cl)c2)C1. The van der Waals surface area contributed by atoms with Crippen LogP contribution < -0.4 is 16.2 Å². The van der Waals surface area contributed by atoms with Gasteiger partial charge in [-0.25, -0.2) is 12.7 Å². The van der Waals surface area contributed by atoms with Crippen molar-refractivity contribution in [2.75, 3.05) is 24.7 Å². The molecule has 2 heterocycles. The second kappa shape index (κ2) is 9.73. The molecule has 1 aliphatic heterocycles. The molecule has 30 heavy (non-hydrogen) atoms. The van der Waals surface area contributed by atoms with Gasteiger partial charge in [-0.1, -0.05) is 29.8 Å². The molecule has 1 atom stereocenters. The topological polar surface area (TPSA) is 108 Å². The van der Waals surface area contributed by atoms with E-state index in [0.29, 0.717) is 36.6 Å². The van der Waals surface area contributed by atoms with E-state index in [1.54, 1.807) is 17.1 Å². The zero-order valence-corrected chi connectivity index (χ0v) is 18.7. The number of thiocarbonyl (C=S) groups is 1. The van der Waals surface area contributed by atoms with E-state index in [0.717, 1.165) is 11.8 Å². The fourth-order valence-electron chi connectivity index (χ4n) is 3.16. The Hall–Kier alpha value is -2.21. The average molecular weight is 471 g/mol. The fraction of sp³-hybridized carbons (Fsp3) is 0.389. The lowest BCUT2D eigenvalue weighted by Gasteiger charge is -2.30. The van der Waals surface area contributed by atoms with Gasteiger partial charge in [0, 0.05) is 24.3 Å². The molecule has 3 rings (SSSR count). The fourth-order valence-corrected chi connectivity index (χ4v) is 4.43. The Labute approximate surface area is 185 Å². The summed E-state index contributed by atoms with van der Waals surface area (Å²) < 4.78 is 26.4. The van der Waals surface area contributed by atoms with Crippen LogP contribution in [0.2, 0.25) is 5.02 Å². The molecule has 0 unspecified atom stereocenters. The van der Waals surface area contributed by atoms with Crippen LogP contribution in [0.25, 0.3) is 0 Å². The highest BCUT2D eigenvalue weighted by molar-refractivity contribution is 7.88. The highest BCUT2D eigenvalue weighted by Gasteiger charge is 2.30. The normalized spacial score (nSPS) is 17.3. The molecule has 2 aromatic rings. The molecule has 1 aliphatic rings. The quantitative estimate of drug-likeness (QED) is 0.449. The van der Waals surface area contributed by atoms with Gasteiger partial charge >= 0.3 is 0 Å². The second-order valence-corrected chi connectivity index (χ2v) is 9.84. The van der Waals surface area contributed by atoms with Crippen molar-refractivity contribution in [1.82, 2.24) is 24.9 Å². The molecule has 0 spiro atoms. The number of nitrogens with one attached hydrogen (secondary N) is 3. The van der Waals surface area contributed by atoms with Gasteiger partial charge in [0.2, 0.25) is 15.9 Å². The molecule has 0 bridgehead atoms. The number of hydrazine groups is 1. The molecule has 9 nitrogen and oxygen atoms in total. The van der Waals surface area contributed by atoms with Crippen LogP contribution in [0.1, 0.15) is 18.4 Å². The van der Waals surface area contributed by atoms with Crippen molar-refractivity contribution in [3.05, 3.63) is 47.2 Å². The number of rotatable bonds is 5. The number of carbonyl (C=O) groups excluding carboxylic acids is 1. The highest BCUT2D eigenvalue weighted by Crippen LogP contribution is 2.19. The van der Waals surface area contributed by atoms with Crippen molar-refractivity contribution in [2.45, 2.75) is 19.4 Å². The third-order valence-electron chi connectivity index (χ3n) is 4.70. The largest absolute Gasteiger partial charge is 0.329 e. The Morgan fingerprint density at radius 3 is 2.83 bits per heavy atom. The summed E-state index contributed by atoms with van der Waals surface area (Å²) in [6.07, 6.45) is 5.78. The third kappa shape index (κ3) is 6.14. The van der Waals surface area contributed by atoms with E-state index in [2.05, 4.69) is 21.3 Å². The van der Waals surface area contributed by atoms with Gasteiger partial charge in [-0.15, -0.1) is 0 Å². The zero-order chi connectivity index (χ0) is 21.7. The van der Waals surface area contributed by atoms with E-state index >= 15 is 0 Å². The van der Waals surface area contributed by atoms with E-state index < -0.39 is 15.9 Å². The Balaban J connectivity index is 1.47. The van der Waals surface area contributed by atoms with Crippen molar-refractivity contribution < 1.29 is 13.2 Å². The smallest absolute Gasteiger partial charge is 0.242 e. The summed E-state index contributed by atoms with van der Waals surface area (Å²) in [5, 5.41) is 8.06. The van der Waals surface area contributed by atoms with Gasteiger partial charge < -0.3 is 5.32 Å². The minimum atomic E-state index is -3.31. The molecular formula is C18H23ClN6O3S2. The maximum atomic E-state index is 12.4. The number of piperidine rings is 1. The molecule has 12 heteroatoms. The molecule has 0 radical (unpaired) electrons. The van der Waals surface area contributed by atoms with Gasteiger partial charge in [-0.2, -0.15) is 5.10 Å². The number of carbonyl (C=O) groups is 1. The van der Waals surface area contributed by atoms with Crippen LogP contribution in [0.5, 0.6) is 0 Å². The minimum Gasteiger partial charge on any atom is -0.329 e.